The maximum atomic E-state index is 11.9. The van der Waals surface area contributed by atoms with Crippen LogP contribution in [0.4, 0.5) is 0 Å². The van der Waals surface area contributed by atoms with E-state index in [2.05, 4.69) is 12.0 Å². The van der Waals surface area contributed by atoms with E-state index in [4.69, 9.17) is 14.2 Å². The second kappa shape index (κ2) is 9.43. The summed E-state index contributed by atoms with van der Waals surface area (Å²) in [4.78, 5) is 11.9. The Morgan fingerprint density at radius 2 is 1.70 bits per heavy atom. The van der Waals surface area contributed by atoms with Gasteiger partial charge < -0.3 is 14.2 Å². The van der Waals surface area contributed by atoms with Gasteiger partial charge in [0.05, 0.1) is 12.3 Å². The molecule has 2 aromatic carbocycles. The van der Waals surface area contributed by atoms with Crippen LogP contribution in [0.1, 0.15) is 18.9 Å². The molecule has 0 aliphatic heterocycles. The van der Waals surface area contributed by atoms with Crippen molar-refractivity contribution in [2.45, 2.75) is 20.0 Å². The minimum atomic E-state index is -0.419. The average Bonchev–Trinajstić information content (AvgIpc) is 3.25. The number of ether oxygens (including phenoxy) is 3. The van der Waals surface area contributed by atoms with Crippen molar-refractivity contribution in [3.05, 3.63) is 72.6 Å². The number of aromatic nitrogens is 2. The van der Waals surface area contributed by atoms with Gasteiger partial charge in [-0.3, -0.25) is 0 Å². The van der Waals surface area contributed by atoms with E-state index in [1.54, 1.807) is 23.0 Å². The van der Waals surface area contributed by atoms with Crippen LogP contribution in [0, 0.1) is 0 Å². The molecule has 0 unspecified atom stereocenters. The fourth-order valence-electron chi connectivity index (χ4n) is 2.37. The number of hydrogen-bond donors (Lipinski definition) is 0. The maximum Gasteiger partial charge on any atom is 0.344 e. The van der Waals surface area contributed by atoms with Crippen LogP contribution in [-0.4, -0.2) is 29.0 Å². The fourth-order valence-corrected chi connectivity index (χ4v) is 2.37. The van der Waals surface area contributed by atoms with E-state index < -0.39 is 5.97 Å². The Bertz CT molecular complexity index is 828. The third-order valence-electron chi connectivity index (χ3n) is 3.76. The number of nitrogens with zero attached hydrogens (tertiary/aromatic N) is 2. The quantitative estimate of drug-likeness (QED) is 0.539. The summed E-state index contributed by atoms with van der Waals surface area (Å²) < 4.78 is 18.0. The van der Waals surface area contributed by atoms with Crippen LogP contribution < -0.4 is 9.47 Å². The molecule has 0 radical (unpaired) electrons. The highest BCUT2D eigenvalue weighted by Crippen LogP contribution is 2.17. The Kier molecular flexibility index (Phi) is 6.46. The van der Waals surface area contributed by atoms with E-state index >= 15 is 0 Å². The number of carbonyl (C=O) groups excluding carboxylic acids is 1. The molecule has 3 aromatic rings. The van der Waals surface area contributed by atoms with Gasteiger partial charge in [-0.15, -0.1) is 0 Å². The number of benzene rings is 2. The van der Waals surface area contributed by atoms with Crippen molar-refractivity contribution in [1.29, 1.82) is 0 Å². The standard InChI is InChI=1S/C21H22N2O4/c1-2-14-25-19-8-10-20(11-9-19)26-16-21(24)27-15-17-4-6-18(7-5-17)23-13-3-12-22-23/h3-13H,2,14-16H2,1H3. The topological polar surface area (TPSA) is 62.6 Å². The summed E-state index contributed by atoms with van der Waals surface area (Å²) in [6.07, 6.45) is 4.55. The lowest BCUT2D eigenvalue weighted by atomic mass is 10.2. The molecule has 0 spiro atoms. The van der Waals surface area contributed by atoms with Gasteiger partial charge in [0.2, 0.25) is 0 Å². The lowest BCUT2D eigenvalue weighted by Gasteiger charge is -2.09. The maximum absolute atomic E-state index is 11.9. The lowest BCUT2D eigenvalue weighted by Crippen LogP contribution is -2.14. The fraction of sp³-hybridized carbons (Fsp3) is 0.238. The molecular weight excluding hydrogens is 344 g/mol. The van der Waals surface area contributed by atoms with Gasteiger partial charge >= 0.3 is 5.97 Å². The second-order valence-corrected chi connectivity index (χ2v) is 5.89. The molecule has 1 aromatic heterocycles. The van der Waals surface area contributed by atoms with Crippen molar-refractivity contribution in [3.63, 3.8) is 0 Å². The van der Waals surface area contributed by atoms with Gasteiger partial charge in [0, 0.05) is 12.4 Å². The van der Waals surface area contributed by atoms with Gasteiger partial charge in [-0.1, -0.05) is 19.1 Å². The number of rotatable bonds is 9. The summed E-state index contributed by atoms with van der Waals surface area (Å²) in [5.41, 5.74) is 1.85. The molecular formula is C21H22N2O4. The highest BCUT2D eigenvalue weighted by atomic mass is 16.6. The average molecular weight is 366 g/mol. The van der Waals surface area contributed by atoms with Crippen LogP contribution in [0.2, 0.25) is 0 Å². The van der Waals surface area contributed by atoms with Gasteiger partial charge in [-0.2, -0.15) is 5.10 Å². The highest BCUT2D eigenvalue weighted by Gasteiger charge is 2.06. The third kappa shape index (κ3) is 5.60. The molecule has 3 rings (SSSR count). The van der Waals surface area contributed by atoms with Crippen LogP contribution in [0.15, 0.2) is 67.0 Å². The molecule has 0 saturated carbocycles. The molecule has 6 heteroatoms. The minimum Gasteiger partial charge on any atom is -0.494 e. The summed E-state index contributed by atoms with van der Waals surface area (Å²) in [5, 5.41) is 4.17. The summed E-state index contributed by atoms with van der Waals surface area (Å²) >= 11 is 0. The Morgan fingerprint density at radius 1 is 1.00 bits per heavy atom. The van der Waals surface area contributed by atoms with Crippen LogP contribution in [-0.2, 0) is 16.1 Å². The SMILES string of the molecule is CCCOc1ccc(OCC(=O)OCc2ccc(-n3cccn3)cc2)cc1. The van der Waals surface area contributed by atoms with Crippen LogP contribution >= 0.6 is 0 Å². The number of hydrogen-bond acceptors (Lipinski definition) is 5. The zero-order chi connectivity index (χ0) is 18.9. The molecule has 140 valence electrons. The summed E-state index contributed by atoms with van der Waals surface area (Å²) in [6, 6.07) is 16.7. The highest BCUT2D eigenvalue weighted by molar-refractivity contribution is 5.71. The molecule has 0 N–H and O–H groups in total. The Hall–Kier alpha value is -3.28. The molecule has 0 aliphatic rings. The van der Waals surface area contributed by atoms with E-state index in [1.165, 1.54) is 0 Å². The van der Waals surface area contributed by atoms with E-state index in [1.807, 2.05) is 48.7 Å². The summed E-state index contributed by atoms with van der Waals surface area (Å²) in [6.45, 7) is 2.79. The van der Waals surface area contributed by atoms with Crippen molar-refractivity contribution in [2.24, 2.45) is 0 Å². The zero-order valence-corrected chi connectivity index (χ0v) is 15.2. The first-order valence-corrected chi connectivity index (χ1v) is 8.85. The monoisotopic (exact) mass is 366 g/mol. The number of carbonyl (C=O) groups is 1. The molecule has 0 aliphatic carbocycles. The van der Waals surface area contributed by atoms with E-state index in [9.17, 15) is 4.79 Å². The first kappa shape index (κ1) is 18.5. The van der Waals surface area contributed by atoms with Crippen molar-refractivity contribution in [2.75, 3.05) is 13.2 Å². The normalized spacial score (nSPS) is 10.4. The third-order valence-corrected chi connectivity index (χ3v) is 3.76. The van der Waals surface area contributed by atoms with E-state index in [0.29, 0.717) is 12.4 Å². The first-order chi connectivity index (χ1) is 13.2. The molecule has 1 heterocycles. The molecule has 0 fully saturated rings. The van der Waals surface area contributed by atoms with Gasteiger partial charge in [0.1, 0.15) is 18.1 Å². The Morgan fingerprint density at radius 3 is 2.33 bits per heavy atom. The van der Waals surface area contributed by atoms with Crippen LogP contribution in [0.3, 0.4) is 0 Å². The Balaban J connectivity index is 1.41. The predicted octanol–water partition coefficient (Wildman–Crippen LogP) is 3.78. The van der Waals surface area contributed by atoms with Crippen molar-refractivity contribution in [1.82, 2.24) is 9.78 Å². The van der Waals surface area contributed by atoms with Crippen LogP contribution in [0.25, 0.3) is 5.69 Å². The molecule has 0 atom stereocenters. The largest absolute Gasteiger partial charge is 0.494 e. The van der Waals surface area contributed by atoms with E-state index in [0.717, 1.165) is 23.4 Å². The molecule has 27 heavy (non-hydrogen) atoms. The first-order valence-electron chi connectivity index (χ1n) is 8.85. The van der Waals surface area contributed by atoms with Gasteiger partial charge in [0.25, 0.3) is 0 Å². The molecule has 6 nitrogen and oxygen atoms in total. The molecule has 0 bridgehead atoms. The van der Waals surface area contributed by atoms with Crippen molar-refractivity contribution in [3.8, 4) is 17.2 Å². The smallest absolute Gasteiger partial charge is 0.344 e. The molecule has 0 saturated heterocycles. The lowest BCUT2D eigenvalue weighted by molar-refractivity contribution is -0.147. The van der Waals surface area contributed by atoms with Crippen molar-refractivity contribution >= 4 is 5.97 Å². The van der Waals surface area contributed by atoms with Gasteiger partial charge in [0.15, 0.2) is 6.61 Å². The van der Waals surface area contributed by atoms with Gasteiger partial charge in [-0.05, 0) is 54.4 Å². The van der Waals surface area contributed by atoms with Crippen molar-refractivity contribution < 1.29 is 19.0 Å². The second-order valence-electron chi connectivity index (χ2n) is 5.89. The predicted molar refractivity (Wildman–Crippen MR) is 101 cm³/mol. The van der Waals surface area contributed by atoms with Gasteiger partial charge in [-0.25, -0.2) is 9.48 Å². The summed E-state index contributed by atoms with van der Waals surface area (Å²) in [7, 11) is 0. The van der Waals surface area contributed by atoms with E-state index in [-0.39, 0.29) is 13.2 Å². The minimum absolute atomic E-state index is 0.138. The van der Waals surface area contributed by atoms with Crippen LogP contribution in [0.5, 0.6) is 11.5 Å². The Labute approximate surface area is 158 Å². The number of esters is 1. The summed E-state index contributed by atoms with van der Waals surface area (Å²) in [5.74, 6) is 0.960. The zero-order valence-electron chi connectivity index (χ0n) is 15.2. The molecule has 0 amide bonds.